The van der Waals surface area contributed by atoms with Gasteiger partial charge in [-0.05, 0) is 37.3 Å². The fourth-order valence-electron chi connectivity index (χ4n) is 3.84. The molecule has 0 saturated carbocycles. The Labute approximate surface area is 119 Å². The minimum absolute atomic E-state index is 0.246. The predicted octanol–water partition coefficient (Wildman–Crippen LogP) is 2.46. The van der Waals surface area contributed by atoms with Crippen molar-refractivity contribution < 1.29 is 4.79 Å². The first kappa shape index (κ1) is 12.0. The van der Waals surface area contributed by atoms with Gasteiger partial charge >= 0.3 is 0 Å². The zero-order chi connectivity index (χ0) is 13.7. The van der Waals surface area contributed by atoms with Gasteiger partial charge in [-0.2, -0.15) is 0 Å². The van der Waals surface area contributed by atoms with E-state index in [2.05, 4.69) is 35.3 Å². The Bertz CT molecular complexity index is 617. The molecule has 1 aromatic rings. The molecule has 3 heterocycles. The Morgan fingerprint density at radius 3 is 3.10 bits per heavy atom. The maximum atomic E-state index is 12.7. The first-order valence-corrected chi connectivity index (χ1v) is 7.60. The SMILES string of the molecule is Cc1ccc2c(c1)C1CC3=C(CCCN3)C(=O)N1CC2. The molecule has 3 heteroatoms. The molecule has 1 atom stereocenters. The molecule has 1 aromatic carbocycles. The molecule has 3 nitrogen and oxygen atoms in total. The summed E-state index contributed by atoms with van der Waals surface area (Å²) in [5, 5.41) is 3.46. The topological polar surface area (TPSA) is 32.3 Å². The minimum atomic E-state index is 0.246. The Morgan fingerprint density at radius 1 is 1.30 bits per heavy atom. The van der Waals surface area contributed by atoms with E-state index in [1.807, 2.05) is 0 Å². The molecule has 0 bridgehead atoms. The highest BCUT2D eigenvalue weighted by molar-refractivity contribution is 5.95. The molecule has 20 heavy (non-hydrogen) atoms. The fraction of sp³-hybridized carbons (Fsp3) is 0.471. The molecule has 4 rings (SSSR count). The molecule has 1 N–H and O–H groups in total. The van der Waals surface area contributed by atoms with Crippen LogP contribution in [0.2, 0.25) is 0 Å². The van der Waals surface area contributed by atoms with Crippen molar-refractivity contribution in [3.05, 3.63) is 46.2 Å². The Kier molecular flexibility index (Phi) is 2.62. The molecular formula is C17H20N2O. The normalized spacial score (nSPS) is 24.8. The number of carbonyl (C=O) groups excluding carboxylic acids is 1. The first-order valence-electron chi connectivity index (χ1n) is 7.60. The van der Waals surface area contributed by atoms with E-state index in [0.717, 1.165) is 44.3 Å². The van der Waals surface area contributed by atoms with Gasteiger partial charge in [0.1, 0.15) is 0 Å². The van der Waals surface area contributed by atoms with Crippen LogP contribution in [0.3, 0.4) is 0 Å². The van der Waals surface area contributed by atoms with E-state index in [1.54, 1.807) is 0 Å². The van der Waals surface area contributed by atoms with Crippen LogP contribution in [0, 0.1) is 6.92 Å². The van der Waals surface area contributed by atoms with Crippen LogP contribution >= 0.6 is 0 Å². The number of aryl methyl sites for hydroxylation is 1. The van der Waals surface area contributed by atoms with Crippen LogP contribution in [0.15, 0.2) is 29.5 Å². The van der Waals surface area contributed by atoms with Crippen molar-refractivity contribution in [2.45, 2.75) is 38.6 Å². The summed E-state index contributed by atoms with van der Waals surface area (Å²) in [5.74, 6) is 0.274. The average Bonchev–Trinajstić information content (AvgIpc) is 2.47. The van der Waals surface area contributed by atoms with Crippen molar-refractivity contribution in [3.8, 4) is 0 Å². The second-order valence-electron chi connectivity index (χ2n) is 6.16. The van der Waals surface area contributed by atoms with E-state index in [0.29, 0.717) is 0 Å². The molecule has 1 unspecified atom stereocenters. The van der Waals surface area contributed by atoms with E-state index < -0.39 is 0 Å². The molecule has 0 aliphatic carbocycles. The van der Waals surface area contributed by atoms with Crippen LogP contribution in [0.25, 0.3) is 0 Å². The summed E-state index contributed by atoms with van der Waals surface area (Å²) >= 11 is 0. The third kappa shape index (κ3) is 1.69. The maximum absolute atomic E-state index is 12.7. The Balaban J connectivity index is 1.79. The third-order valence-corrected chi connectivity index (χ3v) is 4.88. The van der Waals surface area contributed by atoms with Gasteiger partial charge in [0.25, 0.3) is 5.91 Å². The highest BCUT2D eigenvalue weighted by atomic mass is 16.2. The zero-order valence-electron chi connectivity index (χ0n) is 11.9. The number of amides is 1. The number of fused-ring (bicyclic) bond motifs is 3. The second kappa shape index (κ2) is 4.37. The van der Waals surface area contributed by atoms with Crippen molar-refractivity contribution in [2.24, 2.45) is 0 Å². The van der Waals surface area contributed by atoms with Gasteiger partial charge in [-0.1, -0.05) is 23.8 Å². The van der Waals surface area contributed by atoms with Crippen molar-refractivity contribution >= 4 is 5.91 Å². The summed E-state index contributed by atoms with van der Waals surface area (Å²) in [7, 11) is 0. The molecule has 3 aliphatic heterocycles. The number of benzene rings is 1. The molecule has 3 aliphatic rings. The monoisotopic (exact) mass is 268 g/mol. The van der Waals surface area contributed by atoms with Crippen LogP contribution in [-0.4, -0.2) is 23.9 Å². The van der Waals surface area contributed by atoms with Crippen LogP contribution in [0.1, 0.15) is 42.0 Å². The summed E-state index contributed by atoms with van der Waals surface area (Å²) in [4.78, 5) is 14.8. The lowest BCUT2D eigenvalue weighted by atomic mass is 9.83. The van der Waals surface area contributed by atoms with Crippen molar-refractivity contribution in [2.75, 3.05) is 13.1 Å². The highest BCUT2D eigenvalue weighted by Gasteiger charge is 2.38. The van der Waals surface area contributed by atoms with E-state index in [9.17, 15) is 4.79 Å². The lowest BCUT2D eigenvalue weighted by Crippen LogP contribution is -2.46. The molecule has 0 saturated heterocycles. The summed E-state index contributed by atoms with van der Waals surface area (Å²) in [6.45, 7) is 4.02. The molecule has 0 spiro atoms. The molecular weight excluding hydrogens is 248 g/mol. The molecule has 1 amide bonds. The number of carbonyl (C=O) groups is 1. The summed E-state index contributed by atoms with van der Waals surface area (Å²) < 4.78 is 0. The predicted molar refractivity (Wildman–Crippen MR) is 78.2 cm³/mol. The van der Waals surface area contributed by atoms with Crippen molar-refractivity contribution in [3.63, 3.8) is 0 Å². The van der Waals surface area contributed by atoms with Crippen LogP contribution < -0.4 is 5.32 Å². The summed E-state index contributed by atoms with van der Waals surface area (Å²) in [6.07, 6.45) is 4.00. The quantitative estimate of drug-likeness (QED) is 0.784. The average molecular weight is 268 g/mol. The van der Waals surface area contributed by atoms with Crippen molar-refractivity contribution in [1.29, 1.82) is 0 Å². The van der Waals surface area contributed by atoms with Crippen LogP contribution in [0.4, 0.5) is 0 Å². The van der Waals surface area contributed by atoms with Gasteiger partial charge in [0.05, 0.1) is 6.04 Å². The molecule has 0 radical (unpaired) electrons. The number of nitrogens with one attached hydrogen (secondary N) is 1. The number of hydrogen-bond donors (Lipinski definition) is 1. The Hall–Kier alpha value is -1.77. The number of hydrogen-bond acceptors (Lipinski definition) is 2. The fourth-order valence-corrected chi connectivity index (χ4v) is 3.84. The maximum Gasteiger partial charge on any atom is 0.252 e. The smallest absolute Gasteiger partial charge is 0.252 e. The van der Waals surface area contributed by atoms with E-state index in [-0.39, 0.29) is 11.9 Å². The van der Waals surface area contributed by atoms with E-state index in [4.69, 9.17) is 0 Å². The van der Waals surface area contributed by atoms with Crippen LogP contribution in [-0.2, 0) is 11.2 Å². The van der Waals surface area contributed by atoms with Gasteiger partial charge in [0, 0.05) is 30.8 Å². The summed E-state index contributed by atoms with van der Waals surface area (Å²) in [6, 6.07) is 6.94. The van der Waals surface area contributed by atoms with Gasteiger partial charge < -0.3 is 10.2 Å². The van der Waals surface area contributed by atoms with Crippen LogP contribution in [0.5, 0.6) is 0 Å². The summed E-state index contributed by atoms with van der Waals surface area (Å²) in [5.41, 5.74) is 6.32. The van der Waals surface area contributed by atoms with Gasteiger partial charge in [-0.25, -0.2) is 0 Å². The number of nitrogens with zero attached hydrogens (tertiary/aromatic N) is 1. The van der Waals surface area contributed by atoms with Crippen molar-refractivity contribution in [1.82, 2.24) is 10.2 Å². The van der Waals surface area contributed by atoms with Gasteiger partial charge in [0.2, 0.25) is 0 Å². The Morgan fingerprint density at radius 2 is 2.20 bits per heavy atom. The molecule has 0 aromatic heterocycles. The first-order chi connectivity index (χ1) is 9.74. The minimum Gasteiger partial charge on any atom is -0.388 e. The largest absolute Gasteiger partial charge is 0.388 e. The van der Waals surface area contributed by atoms with E-state index >= 15 is 0 Å². The molecule has 0 fully saturated rings. The standard InChI is InChI=1S/C17H20N2O/c1-11-4-5-12-6-8-19-16(14(12)9-11)10-15-13(17(19)20)3-2-7-18-15/h4-5,9,16,18H,2-3,6-8,10H2,1H3. The van der Waals surface area contributed by atoms with Gasteiger partial charge in [-0.15, -0.1) is 0 Å². The van der Waals surface area contributed by atoms with E-state index in [1.165, 1.54) is 22.4 Å². The molecule has 104 valence electrons. The lowest BCUT2D eigenvalue weighted by Gasteiger charge is -2.43. The van der Waals surface area contributed by atoms with Gasteiger partial charge in [-0.3, -0.25) is 4.79 Å². The van der Waals surface area contributed by atoms with Gasteiger partial charge in [0.15, 0.2) is 0 Å². The highest BCUT2D eigenvalue weighted by Crippen LogP contribution is 2.40. The second-order valence-corrected chi connectivity index (χ2v) is 6.16. The zero-order valence-corrected chi connectivity index (χ0v) is 11.9. The third-order valence-electron chi connectivity index (χ3n) is 4.88. The lowest BCUT2D eigenvalue weighted by molar-refractivity contribution is -0.131. The number of rotatable bonds is 0.